The second kappa shape index (κ2) is 5.87. The Morgan fingerprint density at radius 1 is 1.44 bits per heavy atom. The molecule has 18 heavy (non-hydrogen) atoms. The number of nitrogens with one attached hydrogen (secondary N) is 1. The second-order valence-corrected chi connectivity index (χ2v) is 4.87. The highest BCUT2D eigenvalue weighted by atomic mass is 16.4. The zero-order valence-electron chi connectivity index (χ0n) is 10.7. The zero-order chi connectivity index (χ0) is 13.0. The highest BCUT2D eigenvalue weighted by Crippen LogP contribution is 2.23. The van der Waals surface area contributed by atoms with Crippen LogP contribution in [0.3, 0.4) is 0 Å². The first-order valence-corrected chi connectivity index (χ1v) is 6.45. The molecule has 4 nitrogen and oxygen atoms in total. The highest BCUT2D eigenvalue weighted by molar-refractivity contribution is 5.64. The molecule has 0 radical (unpaired) electrons. The lowest BCUT2D eigenvalue weighted by Gasteiger charge is -2.36. The summed E-state index contributed by atoms with van der Waals surface area (Å²) in [5, 5.41) is 11.4. The Morgan fingerprint density at radius 2 is 2.17 bits per heavy atom. The van der Waals surface area contributed by atoms with Gasteiger partial charge >= 0.3 is 6.09 Å². The first-order valence-electron chi connectivity index (χ1n) is 6.45. The summed E-state index contributed by atoms with van der Waals surface area (Å²) >= 11 is 0. The maximum atomic E-state index is 10.7. The van der Waals surface area contributed by atoms with Crippen LogP contribution >= 0.6 is 0 Å². The maximum absolute atomic E-state index is 10.7. The van der Waals surface area contributed by atoms with Crippen LogP contribution in [0.1, 0.15) is 31.4 Å². The van der Waals surface area contributed by atoms with Crippen LogP contribution in [0.15, 0.2) is 30.3 Å². The van der Waals surface area contributed by atoms with Crippen LogP contribution in [0.4, 0.5) is 4.79 Å². The molecule has 1 fully saturated rings. The summed E-state index contributed by atoms with van der Waals surface area (Å²) in [5.74, 6) is 0. The normalized spacial score (nSPS) is 22.4. The largest absolute Gasteiger partial charge is 0.465 e. The summed E-state index contributed by atoms with van der Waals surface area (Å²) < 4.78 is 0. The number of hydrogen-bond acceptors (Lipinski definition) is 2. The molecule has 1 saturated heterocycles. The van der Waals surface area contributed by atoms with Crippen LogP contribution in [-0.4, -0.2) is 35.2 Å². The molecule has 0 unspecified atom stereocenters. The fraction of sp³-hybridized carbons (Fsp3) is 0.500. The van der Waals surface area contributed by atoms with Crippen molar-refractivity contribution >= 4 is 6.09 Å². The molecule has 1 aliphatic rings. The fourth-order valence-corrected chi connectivity index (χ4v) is 2.59. The van der Waals surface area contributed by atoms with Crippen molar-refractivity contribution in [1.29, 1.82) is 0 Å². The minimum atomic E-state index is -0.922. The van der Waals surface area contributed by atoms with Gasteiger partial charge in [-0.3, -0.25) is 4.90 Å². The molecule has 1 aliphatic heterocycles. The van der Waals surface area contributed by atoms with E-state index in [2.05, 4.69) is 29.3 Å². The van der Waals surface area contributed by atoms with E-state index in [0.717, 1.165) is 25.9 Å². The van der Waals surface area contributed by atoms with E-state index < -0.39 is 6.09 Å². The number of amides is 1. The van der Waals surface area contributed by atoms with E-state index >= 15 is 0 Å². The molecular formula is C14H20N2O2. The van der Waals surface area contributed by atoms with Crippen molar-refractivity contribution in [2.24, 2.45) is 0 Å². The van der Waals surface area contributed by atoms with Gasteiger partial charge in [0.25, 0.3) is 0 Å². The molecule has 0 spiro atoms. The van der Waals surface area contributed by atoms with Gasteiger partial charge in [0, 0.05) is 18.6 Å². The van der Waals surface area contributed by atoms with Crippen LogP contribution in [0, 0.1) is 0 Å². The first kappa shape index (κ1) is 12.9. The first-order chi connectivity index (χ1) is 8.66. The SMILES string of the molecule is C[C@@H](c1ccccc1)N1CCC[C@@H](NC(=O)O)C1. The molecule has 1 heterocycles. The average Bonchev–Trinajstić information content (AvgIpc) is 2.38. The van der Waals surface area contributed by atoms with Crippen molar-refractivity contribution < 1.29 is 9.90 Å². The zero-order valence-corrected chi connectivity index (χ0v) is 10.7. The summed E-state index contributed by atoms with van der Waals surface area (Å²) in [6.45, 7) is 4.01. The molecule has 1 aromatic rings. The summed E-state index contributed by atoms with van der Waals surface area (Å²) in [6.07, 6.45) is 1.06. The molecule has 98 valence electrons. The number of hydrogen-bond donors (Lipinski definition) is 2. The van der Waals surface area contributed by atoms with Crippen molar-refractivity contribution in [3.8, 4) is 0 Å². The van der Waals surface area contributed by atoms with Crippen LogP contribution in [-0.2, 0) is 0 Å². The van der Waals surface area contributed by atoms with E-state index in [4.69, 9.17) is 5.11 Å². The van der Waals surface area contributed by atoms with Gasteiger partial charge in [-0.15, -0.1) is 0 Å². The predicted molar refractivity (Wildman–Crippen MR) is 70.6 cm³/mol. The third-order valence-corrected chi connectivity index (χ3v) is 3.61. The lowest BCUT2D eigenvalue weighted by atomic mass is 10.0. The number of piperidine rings is 1. The van der Waals surface area contributed by atoms with E-state index in [1.165, 1.54) is 5.56 Å². The average molecular weight is 248 g/mol. The molecule has 2 atom stereocenters. The fourth-order valence-electron chi connectivity index (χ4n) is 2.59. The molecule has 1 amide bonds. The van der Waals surface area contributed by atoms with Crippen molar-refractivity contribution in [3.63, 3.8) is 0 Å². The summed E-state index contributed by atoms with van der Waals surface area (Å²) in [7, 11) is 0. The van der Waals surface area contributed by atoms with Gasteiger partial charge in [0.1, 0.15) is 0 Å². The van der Waals surface area contributed by atoms with Gasteiger partial charge in [0.05, 0.1) is 0 Å². The number of rotatable bonds is 3. The number of carbonyl (C=O) groups is 1. The van der Waals surface area contributed by atoms with E-state index in [-0.39, 0.29) is 6.04 Å². The standard InChI is InChI=1S/C14H20N2O2/c1-11(12-6-3-2-4-7-12)16-9-5-8-13(10-16)15-14(17)18/h2-4,6-7,11,13,15H,5,8-10H2,1H3,(H,17,18)/t11-,13+/m0/s1. The van der Waals surface area contributed by atoms with Crippen LogP contribution < -0.4 is 5.32 Å². The Bertz CT molecular complexity index is 394. The van der Waals surface area contributed by atoms with E-state index in [9.17, 15) is 4.79 Å². The minimum Gasteiger partial charge on any atom is -0.465 e. The quantitative estimate of drug-likeness (QED) is 0.864. The van der Waals surface area contributed by atoms with Crippen LogP contribution in [0.2, 0.25) is 0 Å². The molecule has 4 heteroatoms. The molecular weight excluding hydrogens is 228 g/mol. The van der Waals surface area contributed by atoms with Crippen molar-refractivity contribution in [2.75, 3.05) is 13.1 Å². The van der Waals surface area contributed by atoms with Gasteiger partial charge in [-0.25, -0.2) is 4.79 Å². The third-order valence-electron chi connectivity index (χ3n) is 3.61. The summed E-state index contributed by atoms with van der Waals surface area (Å²) in [5.41, 5.74) is 1.29. The van der Waals surface area contributed by atoms with Gasteiger partial charge in [0.15, 0.2) is 0 Å². The van der Waals surface area contributed by atoms with Crippen molar-refractivity contribution in [3.05, 3.63) is 35.9 Å². The Morgan fingerprint density at radius 3 is 2.83 bits per heavy atom. The molecule has 2 N–H and O–H groups in total. The lowest BCUT2D eigenvalue weighted by Crippen LogP contribution is -2.47. The summed E-state index contributed by atoms with van der Waals surface area (Å²) in [6, 6.07) is 10.7. The Labute approximate surface area is 108 Å². The number of benzene rings is 1. The van der Waals surface area contributed by atoms with Crippen molar-refractivity contribution in [2.45, 2.75) is 31.8 Å². The van der Waals surface area contributed by atoms with Gasteiger partial charge in [-0.2, -0.15) is 0 Å². The summed E-state index contributed by atoms with van der Waals surface area (Å²) in [4.78, 5) is 13.0. The van der Waals surface area contributed by atoms with Gasteiger partial charge in [-0.1, -0.05) is 30.3 Å². The lowest BCUT2D eigenvalue weighted by molar-refractivity contribution is 0.137. The molecule has 2 rings (SSSR count). The second-order valence-electron chi connectivity index (χ2n) is 4.87. The molecule has 0 aliphatic carbocycles. The van der Waals surface area contributed by atoms with Crippen LogP contribution in [0.5, 0.6) is 0 Å². The van der Waals surface area contributed by atoms with Crippen LogP contribution in [0.25, 0.3) is 0 Å². The van der Waals surface area contributed by atoms with E-state index in [0.29, 0.717) is 6.04 Å². The molecule has 0 bridgehead atoms. The smallest absolute Gasteiger partial charge is 0.404 e. The van der Waals surface area contributed by atoms with Gasteiger partial charge < -0.3 is 10.4 Å². The van der Waals surface area contributed by atoms with Gasteiger partial charge in [0.2, 0.25) is 0 Å². The monoisotopic (exact) mass is 248 g/mol. The molecule has 1 aromatic carbocycles. The van der Waals surface area contributed by atoms with Crippen molar-refractivity contribution in [1.82, 2.24) is 10.2 Å². The third kappa shape index (κ3) is 3.23. The highest BCUT2D eigenvalue weighted by Gasteiger charge is 2.24. The Kier molecular flexibility index (Phi) is 4.20. The molecule has 0 aromatic heterocycles. The number of likely N-dealkylation sites (tertiary alicyclic amines) is 1. The van der Waals surface area contributed by atoms with Gasteiger partial charge in [-0.05, 0) is 31.9 Å². The predicted octanol–water partition coefficient (Wildman–Crippen LogP) is 2.48. The Hall–Kier alpha value is -1.55. The van der Waals surface area contributed by atoms with E-state index in [1.54, 1.807) is 0 Å². The topological polar surface area (TPSA) is 52.6 Å². The maximum Gasteiger partial charge on any atom is 0.404 e. The minimum absolute atomic E-state index is 0.0578. The number of carboxylic acid groups (broad SMARTS) is 1. The number of nitrogens with zero attached hydrogens (tertiary/aromatic N) is 1. The molecule has 0 saturated carbocycles. The van der Waals surface area contributed by atoms with E-state index in [1.807, 2.05) is 18.2 Å². The Balaban J connectivity index is 1.98.